The van der Waals surface area contributed by atoms with Crippen LogP contribution in [-0.2, 0) is 6.54 Å². The molecule has 0 unspecified atom stereocenters. The van der Waals surface area contributed by atoms with Crippen LogP contribution < -0.4 is 0 Å². The number of nitrogens with zero attached hydrogens (tertiary/aromatic N) is 2. The average molecular weight is 216 g/mol. The highest BCUT2D eigenvalue weighted by Crippen LogP contribution is 2.14. The molecule has 1 aromatic carbocycles. The standard InChI is InChI=1S/C12H12N2O2/c15-14(16)12-6-4-11(5-7-12)10-13-8-2-1-3-9-13/h1-8H,9-10H2. The van der Waals surface area contributed by atoms with Gasteiger partial charge in [-0.3, -0.25) is 10.1 Å². The third-order valence-electron chi connectivity index (χ3n) is 2.42. The van der Waals surface area contributed by atoms with Crippen molar-refractivity contribution in [1.29, 1.82) is 0 Å². The molecule has 4 heteroatoms. The van der Waals surface area contributed by atoms with Crippen LogP contribution in [0.2, 0.25) is 0 Å². The molecule has 1 aliphatic rings. The van der Waals surface area contributed by atoms with E-state index in [1.165, 1.54) is 0 Å². The summed E-state index contributed by atoms with van der Waals surface area (Å²) in [5.41, 5.74) is 1.21. The highest BCUT2D eigenvalue weighted by atomic mass is 16.6. The van der Waals surface area contributed by atoms with Gasteiger partial charge in [-0.15, -0.1) is 0 Å². The molecule has 4 nitrogen and oxygen atoms in total. The first-order valence-corrected chi connectivity index (χ1v) is 5.06. The number of allylic oxidation sites excluding steroid dienone is 2. The highest BCUT2D eigenvalue weighted by molar-refractivity contribution is 5.33. The summed E-state index contributed by atoms with van der Waals surface area (Å²) < 4.78 is 0. The Labute approximate surface area is 93.6 Å². The number of rotatable bonds is 3. The molecule has 0 spiro atoms. The van der Waals surface area contributed by atoms with Crippen LogP contribution in [0.5, 0.6) is 0 Å². The van der Waals surface area contributed by atoms with Gasteiger partial charge in [-0.1, -0.05) is 24.3 Å². The van der Waals surface area contributed by atoms with Crippen molar-refractivity contribution < 1.29 is 4.92 Å². The zero-order valence-corrected chi connectivity index (χ0v) is 8.74. The van der Waals surface area contributed by atoms with Crippen molar-refractivity contribution >= 4 is 5.69 Å². The van der Waals surface area contributed by atoms with E-state index in [0.717, 1.165) is 18.7 Å². The lowest BCUT2D eigenvalue weighted by atomic mass is 10.2. The van der Waals surface area contributed by atoms with E-state index in [-0.39, 0.29) is 10.6 Å². The summed E-state index contributed by atoms with van der Waals surface area (Å²) in [5, 5.41) is 10.5. The smallest absolute Gasteiger partial charge is 0.269 e. The number of hydrogen-bond acceptors (Lipinski definition) is 3. The summed E-state index contributed by atoms with van der Waals surface area (Å²) in [7, 11) is 0. The van der Waals surface area contributed by atoms with E-state index in [1.54, 1.807) is 24.3 Å². The number of hydrogen-bond donors (Lipinski definition) is 0. The summed E-state index contributed by atoms with van der Waals surface area (Å²) in [5.74, 6) is 0. The largest absolute Gasteiger partial charge is 0.369 e. The molecule has 0 aliphatic carbocycles. The van der Waals surface area contributed by atoms with Gasteiger partial charge >= 0.3 is 0 Å². The zero-order valence-electron chi connectivity index (χ0n) is 8.74. The Bertz CT molecular complexity index is 435. The first-order valence-electron chi connectivity index (χ1n) is 5.06. The van der Waals surface area contributed by atoms with Crippen molar-refractivity contribution in [3.63, 3.8) is 0 Å². The molecule has 1 aliphatic heterocycles. The molecule has 0 amide bonds. The molecule has 0 N–H and O–H groups in total. The van der Waals surface area contributed by atoms with Crippen LogP contribution in [0.3, 0.4) is 0 Å². The van der Waals surface area contributed by atoms with Crippen LogP contribution in [0.4, 0.5) is 5.69 Å². The monoisotopic (exact) mass is 216 g/mol. The molecular weight excluding hydrogens is 204 g/mol. The third-order valence-corrected chi connectivity index (χ3v) is 2.42. The number of non-ortho nitro benzene ring substituents is 1. The molecule has 0 radical (unpaired) electrons. The van der Waals surface area contributed by atoms with Crippen molar-refractivity contribution in [2.24, 2.45) is 0 Å². The fraction of sp³-hybridized carbons (Fsp3) is 0.167. The maximum absolute atomic E-state index is 10.5. The van der Waals surface area contributed by atoms with Crippen LogP contribution in [0.25, 0.3) is 0 Å². The Morgan fingerprint density at radius 2 is 2.00 bits per heavy atom. The zero-order chi connectivity index (χ0) is 11.4. The Kier molecular flexibility index (Phi) is 3.00. The fourth-order valence-corrected chi connectivity index (χ4v) is 1.58. The molecule has 0 bridgehead atoms. The Morgan fingerprint density at radius 1 is 1.25 bits per heavy atom. The van der Waals surface area contributed by atoms with Crippen LogP contribution in [0, 0.1) is 10.1 Å². The molecule has 2 rings (SSSR count). The molecule has 1 heterocycles. The number of benzene rings is 1. The molecule has 0 atom stereocenters. The van der Waals surface area contributed by atoms with Gasteiger partial charge in [0.1, 0.15) is 0 Å². The van der Waals surface area contributed by atoms with Crippen molar-refractivity contribution in [3.05, 3.63) is 64.4 Å². The van der Waals surface area contributed by atoms with Gasteiger partial charge in [0, 0.05) is 25.2 Å². The van der Waals surface area contributed by atoms with E-state index in [2.05, 4.69) is 11.0 Å². The van der Waals surface area contributed by atoms with Gasteiger partial charge in [0.15, 0.2) is 0 Å². The van der Waals surface area contributed by atoms with Gasteiger partial charge in [-0.05, 0) is 17.8 Å². The van der Waals surface area contributed by atoms with Crippen molar-refractivity contribution in [2.75, 3.05) is 6.54 Å². The lowest BCUT2D eigenvalue weighted by Gasteiger charge is -2.20. The molecular formula is C12H12N2O2. The summed E-state index contributed by atoms with van der Waals surface area (Å²) >= 11 is 0. The normalized spacial score (nSPS) is 14.1. The fourth-order valence-electron chi connectivity index (χ4n) is 1.58. The van der Waals surface area contributed by atoms with Crippen LogP contribution in [-0.4, -0.2) is 16.4 Å². The third kappa shape index (κ3) is 2.48. The van der Waals surface area contributed by atoms with E-state index in [0.29, 0.717) is 0 Å². The predicted molar refractivity (Wildman–Crippen MR) is 61.8 cm³/mol. The lowest BCUT2D eigenvalue weighted by Crippen LogP contribution is -2.17. The summed E-state index contributed by atoms with van der Waals surface area (Å²) in [4.78, 5) is 12.2. The molecule has 16 heavy (non-hydrogen) atoms. The summed E-state index contributed by atoms with van der Waals surface area (Å²) in [6.45, 7) is 1.66. The van der Waals surface area contributed by atoms with Gasteiger partial charge in [-0.25, -0.2) is 0 Å². The predicted octanol–water partition coefficient (Wildman–Crippen LogP) is 2.48. The summed E-state index contributed by atoms with van der Waals surface area (Å²) in [6, 6.07) is 6.67. The van der Waals surface area contributed by atoms with Gasteiger partial charge in [-0.2, -0.15) is 0 Å². The van der Waals surface area contributed by atoms with Crippen molar-refractivity contribution in [3.8, 4) is 0 Å². The SMILES string of the molecule is O=[N+]([O-])c1ccc(CN2C=CC=CC2)cc1. The van der Waals surface area contributed by atoms with Crippen LogP contribution >= 0.6 is 0 Å². The minimum Gasteiger partial charge on any atom is -0.369 e. The molecule has 0 aromatic heterocycles. The van der Waals surface area contributed by atoms with E-state index < -0.39 is 0 Å². The highest BCUT2D eigenvalue weighted by Gasteiger charge is 2.05. The molecule has 0 saturated heterocycles. The van der Waals surface area contributed by atoms with Gasteiger partial charge < -0.3 is 4.90 Å². The second kappa shape index (κ2) is 4.61. The molecule has 1 aromatic rings. The van der Waals surface area contributed by atoms with Gasteiger partial charge in [0.05, 0.1) is 4.92 Å². The van der Waals surface area contributed by atoms with Crippen LogP contribution in [0.15, 0.2) is 48.7 Å². The average Bonchev–Trinajstić information content (AvgIpc) is 2.31. The summed E-state index contributed by atoms with van der Waals surface area (Å²) in [6.07, 6.45) is 8.08. The first kappa shape index (κ1) is 10.4. The molecule has 82 valence electrons. The lowest BCUT2D eigenvalue weighted by molar-refractivity contribution is -0.384. The van der Waals surface area contributed by atoms with Gasteiger partial charge in [0.25, 0.3) is 5.69 Å². The second-order valence-electron chi connectivity index (χ2n) is 3.62. The second-order valence-corrected chi connectivity index (χ2v) is 3.62. The topological polar surface area (TPSA) is 46.4 Å². The minimum atomic E-state index is -0.382. The quantitative estimate of drug-likeness (QED) is 0.576. The van der Waals surface area contributed by atoms with Crippen molar-refractivity contribution in [2.45, 2.75) is 6.54 Å². The number of nitro benzene ring substituents is 1. The maximum Gasteiger partial charge on any atom is 0.269 e. The minimum absolute atomic E-state index is 0.137. The van der Waals surface area contributed by atoms with E-state index >= 15 is 0 Å². The van der Waals surface area contributed by atoms with Crippen molar-refractivity contribution in [1.82, 2.24) is 4.90 Å². The molecule has 0 fully saturated rings. The first-order chi connectivity index (χ1) is 7.75. The number of nitro groups is 1. The Balaban J connectivity index is 2.02. The Hall–Kier alpha value is -2.10. The van der Waals surface area contributed by atoms with E-state index in [9.17, 15) is 10.1 Å². The van der Waals surface area contributed by atoms with Crippen LogP contribution in [0.1, 0.15) is 5.56 Å². The van der Waals surface area contributed by atoms with Gasteiger partial charge in [0.2, 0.25) is 0 Å². The van der Waals surface area contributed by atoms with E-state index in [4.69, 9.17) is 0 Å². The molecule has 0 saturated carbocycles. The maximum atomic E-state index is 10.5. The Morgan fingerprint density at radius 3 is 2.56 bits per heavy atom. The van der Waals surface area contributed by atoms with E-state index in [1.807, 2.05) is 18.4 Å².